The van der Waals surface area contributed by atoms with Crippen LogP contribution in [0.3, 0.4) is 0 Å². The van der Waals surface area contributed by atoms with Crippen LogP contribution in [0.1, 0.15) is 13.8 Å². The average molecular weight is 269 g/mol. The zero-order valence-corrected chi connectivity index (χ0v) is 11.4. The fraction of sp³-hybridized carbons (Fsp3) is 0.500. The summed E-state index contributed by atoms with van der Waals surface area (Å²) in [7, 11) is -3.68. The second kappa shape index (κ2) is 4.44. The SMILES string of the molecule is CC1CN(c2cc(S(N)(=O)=O)ccc2N)CC1C. The summed E-state index contributed by atoms with van der Waals surface area (Å²) in [5.74, 6) is 1.14. The van der Waals surface area contributed by atoms with Crippen LogP contribution in [0.4, 0.5) is 11.4 Å². The summed E-state index contributed by atoms with van der Waals surface area (Å²) >= 11 is 0. The number of benzene rings is 1. The molecule has 1 aliphatic rings. The molecule has 1 saturated heterocycles. The number of sulfonamides is 1. The van der Waals surface area contributed by atoms with Gasteiger partial charge in [0.2, 0.25) is 10.0 Å². The van der Waals surface area contributed by atoms with Gasteiger partial charge in [-0.3, -0.25) is 0 Å². The lowest BCUT2D eigenvalue weighted by Gasteiger charge is -2.21. The van der Waals surface area contributed by atoms with E-state index in [0.717, 1.165) is 18.8 Å². The molecule has 1 aromatic rings. The molecule has 2 rings (SSSR count). The normalized spacial score (nSPS) is 24.5. The molecule has 5 nitrogen and oxygen atoms in total. The Balaban J connectivity index is 2.39. The van der Waals surface area contributed by atoms with Gasteiger partial charge >= 0.3 is 0 Å². The van der Waals surface area contributed by atoms with E-state index >= 15 is 0 Å². The van der Waals surface area contributed by atoms with Gasteiger partial charge in [0.25, 0.3) is 0 Å². The predicted octanol–water partition coefficient (Wildman–Crippen LogP) is 1.01. The lowest BCUT2D eigenvalue weighted by molar-refractivity contribution is 0.494. The number of hydrogen-bond donors (Lipinski definition) is 2. The van der Waals surface area contributed by atoms with Gasteiger partial charge in [0.15, 0.2) is 0 Å². The van der Waals surface area contributed by atoms with Gasteiger partial charge in [-0.05, 0) is 30.0 Å². The highest BCUT2D eigenvalue weighted by Crippen LogP contribution is 2.32. The van der Waals surface area contributed by atoms with Gasteiger partial charge in [0.05, 0.1) is 16.3 Å². The van der Waals surface area contributed by atoms with Crippen molar-refractivity contribution in [3.8, 4) is 0 Å². The third kappa shape index (κ3) is 2.44. The molecule has 0 bridgehead atoms. The molecule has 1 heterocycles. The molecule has 0 aromatic heterocycles. The Labute approximate surface area is 108 Å². The predicted molar refractivity (Wildman–Crippen MR) is 72.8 cm³/mol. The first-order chi connectivity index (χ1) is 8.29. The summed E-state index contributed by atoms with van der Waals surface area (Å²) in [5.41, 5.74) is 7.27. The molecule has 4 N–H and O–H groups in total. The Hall–Kier alpha value is -1.27. The smallest absolute Gasteiger partial charge is 0.238 e. The molecule has 0 saturated carbocycles. The van der Waals surface area contributed by atoms with Crippen molar-refractivity contribution in [3.05, 3.63) is 18.2 Å². The second-order valence-electron chi connectivity index (χ2n) is 5.13. The van der Waals surface area contributed by atoms with E-state index in [9.17, 15) is 8.42 Å². The van der Waals surface area contributed by atoms with Crippen molar-refractivity contribution in [1.82, 2.24) is 0 Å². The van der Waals surface area contributed by atoms with Gasteiger partial charge in [-0.15, -0.1) is 0 Å². The van der Waals surface area contributed by atoms with Crippen molar-refractivity contribution in [2.75, 3.05) is 23.7 Å². The minimum absolute atomic E-state index is 0.110. The fourth-order valence-corrected chi connectivity index (χ4v) is 2.83. The molecule has 1 fully saturated rings. The molecule has 0 aliphatic carbocycles. The van der Waals surface area contributed by atoms with Gasteiger partial charge in [-0.1, -0.05) is 13.8 Å². The van der Waals surface area contributed by atoms with E-state index in [2.05, 4.69) is 18.7 Å². The van der Waals surface area contributed by atoms with Gasteiger partial charge in [0.1, 0.15) is 0 Å². The quantitative estimate of drug-likeness (QED) is 0.784. The van der Waals surface area contributed by atoms with E-state index < -0.39 is 10.0 Å². The molecule has 0 radical (unpaired) electrons. The summed E-state index contributed by atoms with van der Waals surface area (Å²) in [6, 6.07) is 4.61. The Morgan fingerprint density at radius 1 is 1.22 bits per heavy atom. The second-order valence-corrected chi connectivity index (χ2v) is 6.69. The summed E-state index contributed by atoms with van der Waals surface area (Å²) in [6.45, 7) is 6.15. The van der Waals surface area contributed by atoms with Gasteiger partial charge < -0.3 is 10.6 Å². The van der Waals surface area contributed by atoms with E-state index in [4.69, 9.17) is 10.9 Å². The summed E-state index contributed by atoms with van der Waals surface area (Å²) in [6.07, 6.45) is 0. The minimum atomic E-state index is -3.68. The van der Waals surface area contributed by atoms with Gasteiger partial charge in [-0.2, -0.15) is 0 Å². The number of nitrogens with two attached hydrogens (primary N) is 2. The van der Waals surface area contributed by atoms with Crippen LogP contribution in [0.5, 0.6) is 0 Å². The summed E-state index contributed by atoms with van der Waals surface area (Å²) in [4.78, 5) is 2.23. The fourth-order valence-electron chi connectivity index (χ4n) is 2.30. The first kappa shape index (κ1) is 13.2. The highest BCUT2D eigenvalue weighted by Gasteiger charge is 2.27. The van der Waals surface area contributed by atoms with Crippen LogP contribution in [-0.2, 0) is 10.0 Å². The molecule has 2 unspecified atom stereocenters. The lowest BCUT2D eigenvalue weighted by Crippen LogP contribution is -2.22. The van der Waals surface area contributed by atoms with Crippen LogP contribution in [0, 0.1) is 11.8 Å². The molecule has 0 spiro atoms. The third-order valence-corrected chi connectivity index (χ3v) is 4.57. The van der Waals surface area contributed by atoms with Crippen molar-refractivity contribution in [2.24, 2.45) is 17.0 Å². The third-order valence-electron chi connectivity index (χ3n) is 3.66. The highest BCUT2D eigenvalue weighted by molar-refractivity contribution is 7.89. The summed E-state index contributed by atoms with van der Waals surface area (Å²) < 4.78 is 22.7. The lowest BCUT2D eigenvalue weighted by atomic mass is 10.0. The number of hydrogen-bond acceptors (Lipinski definition) is 4. The van der Waals surface area contributed by atoms with Crippen molar-refractivity contribution in [2.45, 2.75) is 18.7 Å². The number of nitrogen functional groups attached to an aromatic ring is 1. The Bertz CT molecular complexity index is 546. The molecule has 6 heteroatoms. The van der Waals surface area contributed by atoms with E-state index in [1.54, 1.807) is 12.1 Å². The Kier molecular flexibility index (Phi) is 3.25. The topological polar surface area (TPSA) is 89.4 Å². The van der Waals surface area contributed by atoms with Crippen molar-refractivity contribution < 1.29 is 8.42 Å². The number of primary sulfonamides is 1. The van der Waals surface area contributed by atoms with E-state index in [1.807, 2.05) is 0 Å². The molecule has 0 amide bonds. The largest absolute Gasteiger partial charge is 0.397 e. The number of anilines is 2. The van der Waals surface area contributed by atoms with Crippen LogP contribution in [0.2, 0.25) is 0 Å². The molecule has 100 valence electrons. The van der Waals surface area contributed by atoms with Crippen LogP contribution in [0.25, 0.3) is 0 Å². The molecule has 2 atom stereocenters. The highest BCUT2D eigenvalue weighted by atomic mass is 32.2. The molecule has 1 aliphatic heterocycles. The van der Waals surface area contributed by atoms with Gasteiger partial charge in [-0.25, -0.2) is 13.6 Å². The maximum absolute atomic E-state index is 11.4. The molecular weight excluding hydrogens is 250 g/mol. The van der Waals surface area contributed by atoms with Crippen LogP contribution in [-0.4, -0.2) is 21.5 Å². The van der Waals surface area contributed by atoms with E-state index in [1.165, 1.54) is 6.07 Å². The maximum atomic E-state index is 11.4. The monoisotopic (exact) mass is 269 g/mol. The van der Waals surface area contributed by atoms with Crippen LogP contribution in [0.15, 0.2) is 23.1 Å². The van der Waals surface area contributed by atoms with E-state index in [0.29, 0.717) is 17.5 Å². The van der Waals surface area contributed by atoms with E-state index in [-0.39, 0.29) is 4.90 Å². The maximum Gasteiger partial charge on any atom is 0.238 e. The van der Waals surface area contributed by atoms with Crippen molar-refractivity contribution >= 4 is 21.4 Å². The zero-order chi connectivity index (χ0) is 13.5. The zero-order valence-electron chi connectivity index (χ0n) is 10.6. The average Bonchev–Trinajstić information content (AvgIpc) is 2.58. The van der Waals surface area contributed by atoms with Crippen LogP contribution >= 0.6 is 0 Å². The molecule has 18 heavy (non-hydrogen) atoms. The standard InChI is InChI=1S/C12H19N3O2S/c1-8-6-15(7-9(8)2)12-5-10(18(14,16)17)3-4-11(12)13/h3-5,8-9H,6-7,13H2,1-2H3,(H2,14,16,17). The minimum Gasteiger partial charge on any atom is -0.397 e. The van der Waals surface area contributed by atoms with Crippen molar-refractivity contribution in [3.63, 3.8) is 0 Å². The van der Waals surface area contributed by atoms with Crippen molar-refractivity contribution in [1.29, 1.82) is 0 Å². The van der Waals surface area contributed by atoms with Crippen LogP contribution < -0.4 is 15.8 Å². The van der Waals surface area contributed by atoms with Gasteiger partial charge in [0, 0.05) is 13.1 Å². The number of rotatable bonds is 2. The first-order valence-electron chi connectivity index (χ1n) is 5.96. The first-order valence-corrected chi connectivity index (χ1v) is 7.51. The molecular formula is C12H19N3O2S. The Morgan fingerprint density at radius 3 is 2.28 bits per heavy atom. The Morgan fingerprint density at radius 2 is 1.78 bits per heavy atom. The molecule has 1 aromatic carbocycles. The summed E-state index contributed by atoms with van der Waals surface area (Å²) in [5, 5.41) is 5.14. The number of nitrogens with zero attached hydrogens (tertiary/aromatic N) is 1.